The molecule has 11 heteroatoms. The van der Waals surface area contributed by atoms with Crippen LogP contribution in [0.25, 0.3) is 0 Å². The van der Waals surface area contributed by atoms with Gasteiger partial charge in [0.2, 0.25) is 17.7 Å². The van der Waals surface area contributed by atoms with Crippen LogP contribution in [0.15, 0.2) is 30.3 Å². The molecule has 0 aliphatic carbocycles. The van der Waals surface area contributed by atoms with Crippen LogP contribution in [0, 0.1) is 12.8 Å². The number of halogens is 1. The summed E-state index contributed by atoms with van der Waals surface area (Å²) >= 11 is 0. The van der Waals surface area contributed by atoms with E-state index in [9.17, 15) is 14.4 Å². The van der Waals surface area contributed by atoms with E-state index in [1.54, 1.807) is 4.90 Å². The van der Waals surface area contributed by atoms with Crippen LogP contribution in [0.5, 0.6) is 0 Å². The van der Waals surface area contributed by atoms with Gasteiger partial charge in [0, 0.05) is 32.6 Å². The van der Waals surface area contributed by atoms with Gasteiger partial charge in [-0.1, -0.05) is 30.3 Å². The lowest BCUT2D eigenvalue weighted by molar-refractivity contribution is -0.143. The van der Waals surface area contributed by atoms with Gasteiger partial charge in [-0.05, 0) is 64.0 Å². The molecule has 0 radical (unpaired) electrons. The molecule has 1 aromatic heterocycles. The Morgan fingerprint density at radius 2 is 1.82 bits per heavy atom. The van der Waals surface area contributed by atoms with Crippen molar-refractivity contribution in [2.75, 3.05) is 32.7 Å². The summed E-state index contributed by atoms with van der Waals surface area (Å²) in [6.45, 7) is 5.57. The lowest BCUT2D eigenvalue weighted by Crippen LogP contribution is -2.53. The zero-order chi connectivity index (χ0) is 27.2. The molecule has 3 aliphatic heterocycles. The van der Waals surface area contributed by atoms with Crippen molar-refractivity contribution in [1.29, 1.82) is 0 Å². The fraction of sp³-hybridized carbons (Fsp3) is 0.621. The Morgan fingerprint density at radius 3 is 2.60 bits per heavy atom. The minimum Gasteiger partial charge on any atom is -0.344 e. The molecular formula is C29H42ClN7O3. The van der Waals surface area contributed by atoms with E-state index in [0.717, 1.165) is 37.8 Å². The highest BCUT2D eigenvalue weighted by molar-refractivity contribution is 5.88. The summed E-state index contributed by atoms with van der Waals surface area (Å²) in [5.41, 5.74) is 1.08. The zero-order valence-electron chi connectivity index (χ0n) is 23.4. The summed E-state index contributed by atoms with van der Waals surface area (Å²) in [4.78, 5) is 49.0. The number of aromatic nitrogens is 3. The van der Waals surface area contributed by atoms with Gasteiger partial charge in [0.15, 0.2) is 0 Å². The van der Waals surface area contributed by atoms with Crippen molar-refractivity contribution in [2.24, 2.45) is 5.92 Å². The number of nitrogens with one attached hydrogen (secondary N) is 2. The summed E-state index contributed by atoms with van der Waals surface area (Å²) in [6, 6.07) is 9.13. The van der Waals surface area contributed by atoms with E-state index < -0.39 is 12.1 Å². The van der Waals surface area contributed by atoms with Crippen molar-refractivity contribution in [3.05, 3.63) is 47.5 Å². The van der Waals surface area contributed by atoms with Crippen LogP contribution in [-0.2, 0) is 27.3 Å². The Morgan fingerprint density at radius 1 is 1.00 bits per heavy atom. The fourth-order valence-corrected chi connectivity index (χ4v) is 6.15. The van der Waals surface area contributed by atoms with E-state index in [-0.39, 0.29) is 36.0 Å². The molecule has 40 heavy (non-hydrogen) atoms. The maximum atomic E-state index is 13.7. The summed E-state index contributed by atoms with van der Waals surface area (Å²) < 4.78 is 1.86. The van der Waals surface area contributed by atoms with Crippen molar-refractivity contribution in [1.82, 2.24) is 35.2 Å². The number of nitrogens with zero attached hydrogens (tertiary/aromatic N) is 5. The van der Waals surface area contributed by atoms with Crippen LogP contribution in [0.2, 0.25) is 0 Å². The van der Waals surface area contributed by atoms with Crippen LogP contribution >= 0.6 is 12.4 Å². The predicted molar refractivity (Wildman–Crippen MR) is 154 cm³/mol. The number of fused-ring (bicyclic) bond motifs is 2. The Balaban J connectivity index is 0.00000370. The van der Waals surface area contributed by atoms with Crippen LogP contribution < -0.4 is 10.6 Å². The third-order valence-corrected chi connectivity index (χ3v) is 8.20. The van der Waals surface area contributed by atoms with Gasteiger partial charge in [0.1, 0.15) is 17.7 Å². The highest BCUT2D eigenvalue weighted by Crippen LogP contribution is 2.23. The molecule has 2 aromatic rings. The molecular weight excluding hydrogens is 530 g/mol. The van der Waals surface area contributed by atoms with Crippen LogP contribution in [0.3, 0.4) is 0 Å². The van der Waals surface area contributed by atoms with Gasteiger partial charge in [-0.2, -0.15) is 5.10 Å². The molecule has 2 N–H and O–H groups in total. The number of amides is 3. The van der Waals surface area contributed by atoms with Gasteiger partial charge >= 0.3 is 0 Å². The predicted octanol–water partition coefficient (Wildman–Crippen LogP) is 2.41. The average molecular weight is 572 g/mol. The van der Waals surface area contributed by atoms with E-state index in [1.807, 2.05) is 46.8 Å². The normalized spacial score (nSPS) is 24.7. The van der Waals surface area contributed by atoms with Crippen molar-refractivity contribution in [3.8, 4) is 0 Å². The third-order valence-electron chi connectivity index (χ3n) is 8.20. The molecule has 5 rings (SSSR count). The molecule has 0 bridgehead atoms. The number of benzene rings is 1. The van der Waals surface area contributed by atoms with E-state index in [2.05, 4.69) is 15.7 Å². The topological polar surface area (TPSA) is 112 Å². The smallest absolute Gasteiger partial charge is 0.243 e. The summed E-state index contributed by atoms with van der Waals surface area (Å²) in [7, 11) is 0. The van der Waals surface area contributed by atoms with Gasteiger partial charge in [0.05, 0.1) is 18.5 Å². The molecule has 3 amide bonds. The summed E-state index contributed by atoms with van der Waals surface area (Å²) in [6.07, 6.45) is 5.81. The molecule has 10 nitrogen and oxygen atoms in total. The summed E-state index contributed by atoms with van der Waals surface area (Å²) in [5.74, 6) is 1.28. The number of carbonyl (C=O) groups excluding carboxylic acids is 3. The maximum absolute atomic E-state index is 13.7. The maximum Gasteiger partial charge on any atom is 0.243 e. The SMILES string of the molecule is Cc1nc2n(n1)CCN(C(=O)[C@@H]1CCCNC1)CCCC(=O)N1CCCC[C@H]1C(=O)N[C@@H]2Cc1ccccc1.Cl. The molecule has 218 valence electrons. The average Bonchev–Trinajstić information content (AvgIpc) is 3.34. The van der Waals surface area contributed by atoms with Gasteiger partial charge < -0.3 is 20.4 Å². The van der Waals surface area contributed by atoms with E-state index >= 15 is 0 Å². The van der Waals surface area contributed by atoms with Crippen LogP contribution in [0.1, 0.15) is 68.2 Å². The van der Waals surface area contributed by atoms with Gasteiger partial charge in [-0.25, -0.2) is 9.67 Å². The monoisotopic (exact) mass is 571 g/mol. The van der Waals surface area contributed by atoms with Gasteiger partial charge in [-0.15, -0.1) is 12.4 Å². The van der Waals surface area contributed by atoms with E-state index in [4.69, 9.17) is 4.98 Å². The fourth-order valence-electron chi connectivity index (χ4n) is 6.15. The number of piperidine rings is 2. The number of rotatable bonds is 3. The van der Waals surface area contributed by atoms with E-state index in [1.165, 1.54) is 0 Å². The standard InChI is InChI=1S/C29H41N7O3.ClH/c1-21-31-27-24(19-22-9-3-2-4-10-22)32-28(38)25-12-5-6-16-35(25)26(37)13-8-15-34(17-18-36(27)33-21)29(39)23-11-7-14-30-20-23;/h2-4,9-10,23-25,30H,5-8,11-20H2,1H3,(H,32,38);1H/t23-,24-,25+;/m1./s1. The first-order valence-corrected chi connectivity index (χ1v) is 14.5. The number of carbonyl (C=O) groups is 3. The second-order valence-electron chi connectivity index (χ2n) is 11.1. The second-order valence-corrected chi connectivity index (χ2v) is 11.1. The molecule has 0 saturated carbocycles. The lowest BCUT2D eigenvalue weighted by Gasteiger charge is -2.36. The van der Waals surface area contributed by atoms with Crippen molar-refractivity contribution in [3.63, 3.8) is 0 Å². The van der Waals surface area contributed by atoms with Gasteiger partial charge in [0.25, 0.3) is 0 Å². The quantitative estimate of drug-likeness (QED) is 0.585. The van der Waals surface area contributed by atoms with Crippen LogP contribution in [-0.4, -0.2) is 81.1 Å². The van der Waals surface area contributed by atoms with Gasteiger partial charge in [-0.3, -0.25) is 14.4 Å². The van der Waals surface area contributed by atoms with Crippen molar-refractivity contribution >= 4 is 30.1 Å². The first-order chi connectivity index (χ1) is 19.0. The largest absolute Gasteiger partial charge is 0.344 e. The molecule has 2 saturated heterocycles. The molecule has 4 heterocycles. The highest BCUT2D eigenvalue weighted by Gasteiger charge is 2.35. The number of hydrogen-bond acceptors (Lipinski definition) is 6. The van der Waals surface area contributed by atoms with Crippen LogP contribution in [0.4, 0.5) is 0 Å². The highest BCUT2D eigenvalue weighted by atomic mass is 35.5. The minimum atomic E-state index is -0.490. The first-order valence-electron chi connectivity index (χ1n) is 14.5. The third kappa shape index (κ3) is 7.20. The zero-order valence-corrected chi connectivity index (χ0v) is 24.2. The first kappa shape index (κ1) is 30.0. The Kier molecular flexibility index (Phi) is 10.6. The Hall–Kier alpha value is -2.98. The molecule has 3 aliphatic rings. The number of aryl methyl sites for hydroxylation is 1. The second kappa shape index (κ2) is 14.1. The molecule has 2 fully saturated rings. The molecule has 1 aromatic carbocycles. The lowest BCUT2D eigenvalue weighted by atomic mass is 9.97. The molecule has 0 spiro atoms. The van der Waals surface area contributed by atoms with Crippen molar-refractivity contribution in [2.45, 2.75) is 76.9 Å². The van der Waals surface area contributed by atoms with Crippen molar-refractivity contribution < 1.29 is 14.4 Å². The minimum absolute atomic E-state index is 0. The Bertz CT molecular complexity index is 1150. The molecule has 3 atom stereocenters. The van der Waals surface area contributed by atoms with E-state index in [0.29, 0.717) is 70.1 Å². The summed E-state index contributed by atoms with van der Waals surface area (Å²) in [5, 5.41) is 11.3. The Labute approximate surface area is 242 Å². The molecule has 0 unspecified atom stereocenters. The number of hydrogen-bond donors (Lipinski definition) is 2.